The van der Waals surface area contributed by atoms with Gasteiger partial charge in [0.15, 0.2) is 0 Å². The SMILES string of the molecule is CN(CC(F)F)c1cc(CO)c2ccccc2n1. The average molecular weight is 252 g/mol. The Labute approximate surface area is 104 Å². The zero-order chi connectivity index (χ0) is 13.1. The fourth-order valence-corrected chi connectivity index (χ4v) is 1.86. The van der Waals surface area contributed by atoms with Crippen molar-refractivity contribution < 1.29 is 13.9 Å². The second kappa shape index (κ2) is 5.27. The van der Waals surface area contributed by atoms with E-state index in [1.54, 1.807) is 19.2 Å². The predicted octanol–water partition coefficient (Wildman–Crippen LogP) is 2.43. The molecule has 0 fully saturated rings. The van der Waals surface area contributed by atoms with Gasteiger partial charge in [0, 0.05) is 12.4 Å². The van der Waals surface area contributed by atoms with Gasteiger partial charge in [-0.3, -0.25) is 0 Å². The fraction of sp³-hybridized carbons (Fsp3) is 0.308. The van der Waals surface area contributed by atoms with Crippen LogP contribution >= 0.6 is 0 Å². The minimum atomic E-state index is -2.42. The van der Waals surface area contributed by atoms with Crippen LogP contribution in [0.15, 0.2) is 30.3 Å². The largest absolute Gasteiger partial charge is 0.392 e. The van der Waals surface area contributed by atoms with Crippen molar-refractivity contribution in [1.82, 2.24) is 4.98 Å². The first-order chi connectivity index (χ1) is 8.61. The summed E-state index contributed by atoms with van der Waals surface area (Å²) in [4.78, 5) is 5.70. The molecule has 0 aliphatic carbocycles. The molecule has 1 heterocycles. The first-order valence-corrected chi connectivity index (χ1v) is 5.60. The standard InChI is InChI=1S/C13H14F2N2O/c1-17(7-12(14)15)13-6-9(8-18)10-4-2-3-5-11(10)16-13/h2-6,12,18H,7-8H2,1H3. The molecule has 1 aromatic carbocycles. The highest BCUT2D eigenvalue weighted by molar-refractivity contribution is 5.84. The molecule has 0 atom stereocenters. The lowest BCUT2D eigenvalue weighted by atomic mass is 10.1. The second-order valence-electron chi connectivity index (χ2n) is 4.09. The van der Waals surface area contributed by atoms with E-state index in [-0.39, 0.29) is 13.2 Å². The average Bonchev–Trinajstić information content (AvgIpc) is 2.36. The van der Waals surface area contributed by atoms with Gasteiger partial charge in [-0.2, -0.15) is 0 Å². The highest BCUT2D eigenvalue weighted by Crippen LogP contribution is 2.22. The van der Waals surface area contributed by atoms with Gasteiger partial charge in [-0.15, -0.1) is 0 Å². The van der Waals surface area contributed by atoms with Crippen LogP contribution in [0.25, 0.3) is 10.9 Å². The number of aliphatic hydroxyl groups is 1. The molecule has 0 spiro atoms. The van der Waals surface area contributed by atoms with Crippen molar-refractivity contribution in [2.24, 2.45) is 0 Å². The van der Waals surface area contributed by atoms with E-state index >= 15 is 0 Å². The topological polar surface area (TPSA) is 36.4 Å². The first kappa shape index (κ1) is 12.7. The van der Waals surface area contributed by atoms with Crippen molar-refractivity contribution in [3.63, 3.8) is 0 Å². The lowest BCUT2D eigenvalue weighted by Gasteiger charge is -2.19. The van der Waals surface area contributed by atoms with Gasteiger partial charge in [0.05, 0.1) is 18.7 Å². The van der Waals surface area contributed by atoms with Gasteiger partial charge in [-0.1, -0.05) is 18.2 Å². The van der Waals surface area contributed by atoms with Gasteiger partial charge >= 0.3 is 0 Å². The maximum Gasteiger partial charge on any atom is 0.255 e. The van der Waals surface area contributed by atoms with Crippen LogP contribution in [-0.4, -0.2) is 30.1 Å². The van der Waals surface area contributed by atoms with Crippen molar-refractivity contribution in [3.05, 3.63) is 35.9 Å². The van der Waals surface area contributed by atoms with Gasteiger partial charge in [-0.05, 0) is 17.7 Å². The van der Waals surface area contributed by atoms with Crippen LogP contribution in [-0.2, 0) is 6.61 Å². The Morgan fingerprint density at radius 2 is 2.06 bits per heavy atom. The Bertz CT molecular complexity index is 546. The number of anilines is 1. The summed E-state index contributed by atoms with van der Waals surface area (Å²) in [6, 6.07) is 8.97. The molecule has 5 heteroatoms. The quantitative estimate of drug-likeness (QED) is 0.907. The van der Waals surface area contributed by atoms with E-state index in [1.165, 1.54) is 4.90 Å². The monoisotopic (exact) mass is 252 g/mol. The van der Waals surface area contributed by atoms with Gasteiger partial charge < -0.3 is 10.0 Å². The lowest BCUT2D eigenvalue weighted by Crippen LogP contribution is -2.25. The number of benzene rings is 1. The molecule has 0 bridgehead atoms. The number of halogens is 2. The zero-order valence-electron chi connectivity index (χ0n) is 9.98. The fourth-order valence-electron chi connectivity index (χ4n) is 1.86. The molecule has 2 aromatic rings. The van der Waals surface area contributed by atoms with Gasteiger partial charge in [-0.25, -0.2) is 13.8 Å². The van der Waals surface area contributed by atoms with E-state index in [2.05, 4.69) is 4.98 Å². The lowest BCUT2D eigenvalue weighted by molar-refractivity contribution is 0.156. The summed E-state index contributed by atoms with van der Waals surface area (Å²) in [6.07, 6.45) is -2.42. The van der Waals surface area contributed by atoms with Gasteiger partial charge in [0.25, 0.3) is 6.43 Å². The third kappa shape index (κ3) is 2.56. The highest BCUT2D eigenvalue weighted by Gasteiger charge is 2.12. The molecule has 0 aliphatic rings. The molecule has 0 amide bonds. The van der Waals surface area contributed by atoms with E-state index in [1.807, 2.05) is 18.2 Å². The number of aliphatic hydroxyl groups excluding tert-OH is 1. The smallest absolute Gasteiger partial charge is 0.255 e. The summed E-state index contributed by atoms with van der Waals surface area (Å²) in [7, 11) is 1.56. The predicted molar refractivity (Wildman–Crippen MR) is 66.9 cm³/mol. The molecule has 96 valence electrons. The van der Waals surface area contributed by atoms with Crippen LogP contribution in [0, 0.1) is 0 Å². The minimum Gasteiger partial charge on any atom is -0.392 e. The highest BCUT2D eigenvalue weighted by atomic mass is 19.3. The molecule has 1 aromatic heterocycles. The Morgan fingerprint density at radius 1 is 1.33 bits per heavy atom. The van der Waals surface area contributed by atoms with Crippen LogP contribution in [0.5, 0.6) is 0 Å². The number of alkyl halides is 2. The Hall–Kier alpha value is -1.75. The Morgan fingerprint density at radius 3 is 2.72 bits per heavy atom. The van der Waals surface area contributed by atoms with Crippen LogP contribution in [0.1, 0.15) is 5.56 Å². The normalized spacial score (nSPS) is 11.2. The maximum atomic E-state index is 12.3. The van der Waals surface area contributed by atoms with Crippen molar-refractivity contribution in [3.8, 4) is 0 Å². The molecule has 2 rings (SSSR count). The molecule has 0 saturated heterocycles. The maximum absolute atomic E-state index is 12.3. The molecule has 0 aliphatic heterocycles. The molecule has 0 radical (unpaired) electrons. The third-order valence-electron chi connectivity index (χ3n) is 2.76. The van der Waals surface area contributed by atoms with Crippen LogP contribution in [0.3, 0.4) is 0 Å². The summed E-state index contributed by atoms with van der Waals surface area (Å²) in [5.74, 6) is 0.443. The number of para-hydroxylation sites is 1. The van der Waals surface area contributed by atoms with Crippen LogP contribution < -0.4 is 4.90 Å². The number of fused-ring (bicyclic) bond motifs is 1. The molecule has 0 unspecified atom stereocenters. The molecular formula is C13H14F2N2O. The number of aromatic nitrogens is 1. The van der Waals surface area contributed by atoms with E-state index < -0.39 is 6.43 Å². The van der Waals surface area contributed by atoms with Crippen molar-refractivity contribution in [2.75, 3.05) is 18.5 Å². The molecule has 0 saturated carbocycles. The van der Waals surface area contributed by atoms with Crippen LogP contribution in [0.4, 0.5) is 14.6 Å². The number of rotatable bonds is 4. The number of pyridine rings is 1. The van der Waals surface area contributed by atoms with E-state index in [0.29, 0.717) is 16.9 Å². The third-order valence-corrected chi connectivity index (χ3v) is 2.76. The summed E-state index contributed by atoms with van der Waals surface area (Å²) in [5.41, 5.74) is 1.39. The first-order valence-electron chi connectivity index (χ1n) is 5.60. The molecule has 18 heavy (non-hydrogen) atoms. The Kier molecular flexibility index (Phi) is 3.72. The van der Waals surface area contributed by atoms with Crippen molar-refractivity contribution in [1.29, 1.82) is 0 Å². The summed E-state index contributed by atoms with van der Waals surface area (Å²) >= 11 is 0. The number of nitrogens with zero attached hydrogens (tertiary/aromatic N) is 2. The summed E-state index contributed by atoms with van der Waals surface area (Å²) < 4.78 is 24.7. The number of hydrogen-bond donors (Lipinski definition) is 1. The minimum absolute atomic E-state index is 0.140. The zero-order valence-corrected chi connectivity index (χ0v) is 9.98. The summed E-state index contributed by atoms with van der Waals surface area (Å²) in [6.45, 7) is -0.519. The van der Waals surface area contributed by atoms with Gasteiger partial charge in [0.1, 0.15) is 5.82 Å². The number of hydrogen-bond acceptors (Lipinski definition) is 3. The van der Waals surface area contributed by atoms with Crippen LogP contribution in [0.2, 0.25) is 0 Å². The Balaban J connectivity index is 2.46. The molecule has 1 N–H and O–H groups in total. The van der Waals surface area contributed by atoms with E-state index in [0.717, 1.165) is 5.39 Å². The van der Waals surface area contributed by atoms with Crippen molar-refractivity contribution >= 4 is 16.7 Å². The second-order valence-corrected chi connectivity index (χ2v) is 4.09. The molecule has 3 nitrogen and oxygen atoms in total. The van der Waals surface area contributed by atoms with E-state index in [4.69, 9.17) is 0 Å². The van der Waals surface area contributed by atoms with E-state index in [9.17, 15) is 13.9 Å². The summed E-state index contributed by atoms with van der Waals surface area (Å²) in [5, 5.41) is 10.2. The molecular weight excluding hydrogens is 238 g/mol. The van der Waals surface area contributed by atoms with Gasteiger partial charge in [0.2, 0.25) is 0 Å². The van der Waals surface area contributed by atoms with Crippen molar-refractivity contribution in [2.45, 2.75) is 13.0 Å².